The Morgan fingerprint density at radius 3 is 1.83 bits per heavy atom. The van der Waals surface area contributed by atoms with Gasteiger partial charge in [-0.05, 0) is 134 Å². The van der Waals surface area contributed by atoms with Crippen LogP contribution >= 0.6 is 11.3 Å². The number of benzene rings is 5. The highest BCUT2D eigenvalue weighted by molar-refractivity contribution is 7.26. The second-order valence-electron chi connectivity index (χ2n) is 19.5. The summed E-state index contributed by atoms with van der Waals surface area (Å²) in [5, 5.41) is 2.74. The van der Waals surface area contributed by atoms with E-state index in [1.807, 2.05) is 11.3 Å². The summed E-state index contributed by atoms with van der Waals surface area (Å²) < 4.78 is 2.72. The third-order valence-electron chi connectivity index (χ3n) is 14.3. The Labute approximate surface area is 315 Å². The Kier molecular flexibility index (Phi) is 6.59. The monoisotopic (exact) mass is 697 g/mol. The molecule has 0 saturated heterocycles. The SMILES string of the molecule is Cc1cc2c3c(c1)N(c1cccc4sc5ccccc5c14)c1cc4c(cc1B3c1cc3c(cc1C2C)C(C)(C)CCC3(C)C)C(C)(C)CCC4(C)C. The molecule has 0 bridgehead atoms. The van der Waals surface area contributed by atoms with E-state index >= 15 is 0 Å². The van der Waals surface area contributed by atoms with Crippen molar-refractivity contribution in [3.63, 3.8) is 0 Å². The van der Waals surface area contributed by atoms with Crippen LogP contribution in [0.15, 0.2) is 78.9 Å². The van der Waals surface area contributed by atoms with Crippen molar-refractivity contribution in [1.82, 2.24) is 0 Å². The summed E-state index contributed by atoms with van der Waals surface area (Å²) in [6.45, 7) is 24.9. The van der Waals surface area contributed by atoms with Gasteiger partial charge in [-0.15, -0.1) is 11.3 Å². The molecule has 3 heterocycles. The summed E-state index contributed by atoms with van der Waals surface area (Å²) in [5.74, 6) is 0.320. The molecule has 0 N–H and O–H groups in total. The molecule has 0 spiro atoms. The lowest BCUT2D eigenvalue weighted by Crippen LogP contribution is -2.62. The van der Waals surface area contributed by atoms with Crippen LogP contribution in [0.25, 0.3) is 20.2 Å². The molecular formula is C49H52BNS. The molecule has 0 fully saturated rings. The third-order valence-corrected chi connectivity index (χ3v) is 15.5. The molecule has 0 radical (unpaired) electrons. The van der Waals surface area contributed by atoms with E-state index in [-0.39, 0.29) is 28.4 Å². The molecule has 1 unspecified atom stereocenters. The Bertz CT molecular complexity index is 2530. The highest BCUT2D eigenvalue weighted by atomic mass is 32.1. The number of hydrogen-bond acceptors (Lipinski definition) is 2. The van der Waals surface area contributed by atoms with Gasteiger partial charge in [0.1, 0.15) is 0 Å². The molecule has 5 aromatic carbocycles. The smallest absolute Gasteiger partial charge is 0.247 e. The Hall–Kier alpha value is -3.82. The first-order valence-electron chi connectivity index (χ1n) is 19.8. The predicted molar refractivity (Wildman–Crippen MR) is 228 cm³/mol. The Morgan fingerprint density at radius 1 is 0.577 bits per heavy atom. The first-order chi connectivity index (χ1) is 24.6. The first-order valence-corrected chi connectivity index (χ1v) is 20.6. The maximum atomic E-state index is 2.71. The lowest BCUT2D eigenvalue weighted by atomic mass is 9.30. The van der Waals surface area contributed by atoms with Crippen molar-refractivity contribution in [3.05, 3.63) is 118 Å². The van der Waals surface area contributed by atoms with E-state index in [9.17, 15) is 0 Å². The molecule has 52 heavy (non-hydrogen) atoms. The third kappa shape index (κ3) is 4.35. The van der Waals surface area contributed by atoms with E-state index in [4.69, 9.17) is 0 Å². The molecule has 0 amide bonds. The van der Waals surface area contributed by atoms with Crippen molar-refractivity contribution in [3.8, 4) is 0 Å². The molecule has 1 nitrogen and oxygen atoms in total. The Balaban J connectivity index is 1.35. The van der Waals surface area contributed by atoms with Gasteiger partial charge in [0.25, 0.3) is 0 Å². The van der Waals surface area contributed by atoms with Gasteiger partial charge < -0.3 is 4.90 Å². The minimum Gasteiger partial charge on any atom is -0.311 e. The number of aryl methyl sites for hydroxylation is 1. The summed E-state index contributed by atoms with van der Waals surface area (Å²) in [5.41, 5.74) is 19.8. The van der Waals surface area contributed by atoms with Gasteiger partial charge in [0.2, 0.25) is 6.71 Å². The van der Waals surface area contributed by atoms with Crippen molar-refractivity contribution in [2.75, 3.05) is 4.90 Å². The number of rotatable bonds is 1. The molecule has 3 heteroatoms. The standard InChI is InChI=1S/C49H52BNS/c1-28-22-32-29(2)31-24-33-34(47(5,6)19-18-46(33,3)4)25-37(31)50-38-26-35-36(49(9,10)21-20-48(35,7)8)27-40(38)51(41(23-28)45(32)50)39-15-13-17-43-44(39)30-14-11-12-16-42(30)52-43/h11-17,22-27,29H,18-21H2,1-10H3. The molecule has 6 aromatic rings. The van der Waals surface area contributed by atoms with Crippen molar-refractivity contribution in [2.24, 2.45) is 0 Å². The second-order valence-corrected chi connectivity index (χ2v) is 20.6. The van der Waals surface area contributed by atoms with E-state index in [0.29, 0.717) is 5.92 Å². The van der Waals surface area contributed by atoms with Crippen molar-refractivity contribution < 1.29 is 0 Å². The highest BCUT2D eigenvalue weighted by Crippen LogP contribution is 2.52. The van der Waals surface area contributed by atoms with Gasteiger partial charge in [-0.3, -0.25) is 0 Å². The number of thiophene rings is 1. The molecular weight excluding hydrogens is 645 g/mol. The molecule has 2 aliphatic heterocycles. The number of nitrogens with zero attached hydrogens (tertiary/aromatic N) is 1. The normalized spacial score (nSPS) is 21.3. The molecule has 10 rings (SSSR count). The minimum absolute atomic E-state index is 0.109. The fraction of sp³-hybridized carbons (Fsp3) is 0.388. The van der Waals surface area contributed by atoms with E-state index in [2.05, 4.69) is 153 Å². The van der Waals surface area contributed by atoms with Crippen LogP contribution in [0.4, 0.5) is 17.1 Å². The zero-order valence-corrected chi connectivity index (χ0v) is 33.7. The van der Waals surface area contributed by atoms with Crippen LogP contribution in [0.3, 0.4) is 0 Å². The highest BCUT2D eigenvalue weighted by Gasteiger charge is 2.48. The van der Waals surface area contributed by atoms with Crippen LogP contribution in [0, 0.1) is 6.92 Å². The summed E-state index contributed by atoms with van der Waals surface area (Å²) in [6, 6.07) is 31.8. The van der Waals surface area contributed by atoms with E-state index in [1.165, 1.54) is 90.5 Å². The zero-order valence-electron chi connectivity index (χ0n) is 32.8. The van der Waals surface area contributed by atoms with Gasteiger partial charge >= 0.3 is 0 Å². The summed E-state index contributed by atoms with van der Waals surface area (Å²) >= 11 is 1.92. The van der Waals surface area contributed by atoms with Gasteiger partial charge in [-0.25, -0.2) is 0 Å². The van der Waals surface area contributed by atoms with Crippen molar-refractivity contribution in [1.29, 1.82) is 0 Å². The second kappa shape index (κ2) is 10.4. The largest absolute Gasteiger partial charge is 0.311 e. The molecule has 1 atom stereocenters. The van der Waals surface area contributed by atoms with Crippen LogP contribution in [0.5, 0.6) is 0 Å². The average Bonchev–Trinajstić information content (AvgIpc) is 3.49. The fourth-order valence-corrected chi connectivity index (χ4v) is 12.1. The Morgan fingerprint density at radius 2 is 1.15 bits per heavy atom. The first kappa shape index (κ1) is 32.8. The van der Waals surface area contributed by atoms with Gasteiger partial charge in [0.15, 0.2) is 0 Å². The molecule has 1 aromatic heterocycles. The number of fused-ring (bicyclic) bond motifs is 9. The summed E-state index contributed by atoms with van der Waals surface area (Å²) in [4.78, 5) is 2.71. The number of anilines is 3. The fourth-order valence-electron chi connectivity index (χ4n) is 11.0. The average molecular weight is 698 g/mol. The number of hydrogen-bond donors (Lipinski definition) is 0. The lowest BCUT2D eigenvalue weighted by molar-refractivity contribution is 0.331. The molecule has 262 valence electrons. The van der Waals surface area contributed by atoms with Crippen molar-refractivity contribution >= 4 is 71.7 Å². The van der Waals surface area contributed by atoms with E-state index in [1.54, 1.807) is 27.7 Å². The topological polar surface area (TPSA) is 3.24 Å². The molecule has 2 aliphatic carbocycles. The summed E-state index contributed by atoms with van der Waals surface area (Å²) in [7, 11) is 0. The van der Waals surface area contributed by atoms with Crippen LogP contribution in [-0.4, -0.2) is 6.71 Å². The minimum atomic E-state index is 0.109. The molecule has 0 saturated carbocycles. The van der Waals surface area contributed by atoms with Crippen LogP contribution in [0.1, 0.15) is 133 Å². The van der Waals surface area contributed by atoms with Gasteiger partial charge in [-0.1, -0.05) is 116 Å². The van der Waals surface area contributed by atoms with Gasteiger partial charge in [0.05, 0.1) is 5.69 Å². The molecule has 4 aliphatic rings. The van der Waals surface area contributed by atoms with E-state index < -0.39 is 0 Å². The van der Waals surface area contributed by atoms with Crippen molar-refractivity contribution in [2.45, 2.75) is 122 Å². The van der Waals surface area contributed by atoms with Gasteiger partial charge in [0, 0.05) is 37.5 Å². The summed E-state index contributed by atoms with van der Waals surface area (Å²) in [6.07, 6.45) is 4.89. The maximum Gasteiger partial charge on any atom is 0.247 e. The van der Waals surface area contributed by atoms with Gasteiger partial charge in [-0.2, -0.15) is 0 Å². The quantitative estimate of drug-likeness (QED) is 0.154. The van der Waals surface area contributed by atoms with Crippen LogP contribution < -0.4 is 21.3 Å². The van der Waals surface area contributed by atoms with Crippen LogP contribution in [-0.2, 0) is 21.7 Å². The zero-order chi connectivity index (χ0) is 36.3. The van der Waals surface area contributed by atoms with Crippen LogP contribution in [0.2, 0.25) is 0 Å². The lowest BCUT2D eigenvalue weighted by Gasteiger charge is -2.48. The predicted octanol–water partition coefficient (Wildman–Crippen LogP) is 11.8. The maximum absolute atomic E-state index is 2.71. The van der Waals surface area contributed by atoms with E-state index in [0.717, 1.165) is 0 Å².